The van der Waals surface area contributed by atoms with Crippen molar-refractivity contribution in [3.63, 3.8) is 0 Å². The summed E-state index contributed by atoms with van der Waals surface area (Å²) in [4.78, 5) is 33.7. The molecule has 0 N–H and O–H groups in total. The number of nitrogens with zero attached hydrogens (tertiary/aromatic N) is 5. The molecule has 0 spiro atoms. The van der Waals surface area contributed by atoms with Crippen molar-refractivity contribution in [3.05, 3.63) is 65.6 Å². The second-order valence-electron chi connectivity index (χ2n) is 8.05. The van der Waals surface area contributed by atoms with Crippen LogP contribution in [0.4, 0.5) is 0 Å². The molecule has 0 radical (unpaired) electrons. The highest BCUT2D eigenvalue weighted by Gasteiger charge is 2.49. The van der Waals surface area contributed by atoms with Gasteiger partial charge >= 0.3 is 0 Å². The molecule has 148 valence electrons. The number of likely N-dealkylation sites (tertiary alicyclic amines) is 2. The van der Waals surface area contributed by atoms with Crippen LogP contribution in [0.3, 0.4) is 0 Å². The van der Waals surface area contributed by atoms with E-state index in [1.165, 1.54) is 17.5 Å². The predicted octanol–water partition coefficient (Wildman–Crippen LogP) is 2.33. The molecule has 7 heteroatoms. The summed E-state index contributed by atoms with van der Waals surface area (Å²) in [5, 5.41) is 4.20. The number of hydrogen-bond donors (Lipinski definition) is 0. The van der Waals surface area contributed by atoms with E-state index in [0.29, 0.717) is 31.0 Å². The number of carbonyl (C=O) groups excluding carboxylic acids is 2. The molecule has 3 atom stereocenters. The lowest BCUT2D eigenvalue weighted by Crippen LogP contribution is -2.37. The molecule has 0 saturated carbocycles. The van der Waals surface area contributed by atoms with Crippen LogP contribution in [0.15, 0.2) is 48.8 Å². The van der Waals surface area contributed by atoms with E-state index in [4.69, 9.17) is 0 Å². The van der Waals surface area contributed by atoms with Gasteiger partial charge in [-0.1, -0.05) is 30.3 Å². The molecule has 29 heavy (non-hydrogen) atoms. The second-order valence-corrected chi connectivity index (χ2v) is 8.05. The van der Waals surface area contributed by atoms with Crippen LogP contribution in [0.5, 0.6) is 0 Å². The molecule has 1 aromatic carbocycles. The van der Waals surface area contributed by atoms with Gasteiger partial charge in [0.05, 0.1) is 6.04 Å². The molecule has 0 aliphatic carbocycles. The topological polar surface area (TPSA) is 70.8 Å². The van der Waals surface area contributed by atoms with Crippen molar-refractivity contribution in [1.29, 1.82) is 0 Å². The van der Waals surface area contributed by atoms with Gasteiger partial charge in [-0.2, -0.15) is 5.10 Å². The van der Waals surface area contributed by atoms with E-state index >= 15 is 0 Å². The Morgan fingerprint density at radius 2 is 1.86 bits per heavy atom. The van der Waals surface area contributed by atoms with E-state index in [0.717, 1.165) is 0 Å². The summed E-state index contributed by atoms with van der Waals surface area (Å²) in [6.07, 6.45) is 1.46. The number of hydrogen-bond acceptors (Lipinski definition) is 4. The van der Waals surface area contributed by atoms with Crippen molar-refractivity contribution in [1.82, 2.24) is 24.4 Å². The fourth-order valence-corrected chi connectivity index (χ4v) is 5.02. The summed E-state index contributed by atoms with van der Waals surface area (Å²) >= 11 is 0. The molecule has 2 amide bonds. The van der Waals surface area contributed by atoms with Gasteiger partial charge in [0.2, 0.25) is 5.91 Å². The van der Waals surface area contributed by atoms with Crippen molar-refractivity contribution in [3.8, 4) is 0 Å². The maximum Gasteiger partial charge on any atom is 0.272 e. The molecular weight excluding hydrogens is 366 g/mol. The Labute approximate surface area is 168 Å². The number of benzene rings is 1. The highest BCUT2D eigenvalue weighted by molar-refractivity contribution is 5.93. The van der Waals surface area contributed by atoms with E-state index in [1.54, 1.807) is 17.5 Å². The highest BCUT2D eigenvalue weighted by Crippen LogP contribution is 2.46. The summed E-state index contributed by atoms with van der Waals surface area (Å²) in [7, 11) is 0. The van der Waals surface area contributed by atoms with Crippen molar-refractivity contribution in [2.75, 3.05) is 19.6 Å². The number of aromatic nitrogens is 3. The van der Waals surface area contributed by atoms with Crippen LogP contribution in [0.1, 0.15) is 34.6 Å². The van der Waals surface area contributed by atoms with Gasteiger partial charge in [0, 0.05) is 38.4 Å². The van der Waals surface area contributed by atoms with Gasteiger partial charge in [0.1, 0.15) is 12.0 Å². The molecule has 0 unspecified atom stereocenters. The van der Waals surface area contributed by atoms with Crippen LogP contribution in [-0.4, -0.2) is 55.8 Å². The zero-order valence-electron chi connectivity index (χ0n) is 16.5. The standard InChI is InChI=1S/C22H23N5O2/c1-14-6-3-4-7-17(14)21-18-12-25(10-16(18)11-26(21)15(2)28)22(29)19-8-5-9-20-23-13-24-27(19)20/h3-9,13,16,18,21H,10-12H2,1-2H3/t16-,18-,21+/m1/s1. The van der Waals surface area contributed by atoms with Gasteiger partial charge in [-0.05, 0) is 30.2 Å². The first kappa shape index (κ1) is 17.8. The summed E-state index contributed by atoms with van der Waals surface area (Å²) < 4.78 is 1.59. The Hall–Kier alpha value is -3.22. The second kappa shape index (κ2) is 6.69. The molecule has 2 aromatic heterocycles. The van der Waals surface area contributed by atoms with Gasteiger partial charge in [-0.15, -0.1) is 0 Å². The largest absolute Gasteiger partial charge is 0.337 e. The lowest BCUT2D eigenvalue weighted by atomic mass is 9.87. The van der Waals surface area contributed by atoms with E-state index in [2.05, 4.69) is 29.1 Å². The van der Waals surface area contributed by atoms with Gasteiger partial charge in [-0.25, -0.2) is 9.50 Å². The number of amides is 2. The van der Waals surface area contributed by atoms with E-state index < -0.39 is 0 Å². The normalized spacial score (nSPS) is 23.6. The number of aryl methyl sites for hydroxylation is 1. The summed E-state index contributed by atoms with van der Waals surface area (Å²) in [5.41, 5.74) is 3.55. The first-order valence-corrected chi connectivity index (χ1v) is 9.95. The first-order valence-electron chi connectivity index (χ1n) is 9.95. The lowest BCUT2D eigenvalue weighted by molar-refractivity contribution is -0.130. The first-order chi connectivity index (χ1) is 14.0. The van der Waals surface area contributed by atoms with E-state index in [1.807, 2.05) is 34.1 Å². The van der Waals surface area contributed by atoms with E-state index in [-0.39, 0.29) is 29.7 Å². The van der Waals surface area contributed by atoms with Crippen LogP contribution in [0.2, 0.25) is 0 Å². The fraction of sp³-hybridized carbons (Fsp3) is 0.364. The summed E-state index contributed by atoms with van der Waals surface area (Å²) in [5.74, 6) is 0.577. The zero-order chi connectivity index (χ0) is 20.1. The Balaban J connectivity index is 1.46. The lowest BCUT2D eigenvalue weighted by Gasteiger charge is -2.30. The molecule has 5 rings (SSSR count). The molecule has 2 aliphatic heterocycles. The maximum absolute atomic E-state index is 13.3. The minimum Gasteiger partial charge on any atom is -0.337 e. The fourth-order valence-electron chi connectivity index (χ4n) is 5.02. The molecule has 2 aliphatic rings. The van der Waals surface area contributed by atoms with Crippen molar-refractivity contribution in [2.45, 2.75) is 19.9 Å². The minimum absolute atomic E-state index is 0.0127. The van der Waals surface area contributed by atoms with Crippen molar-refractivity contribution in [2.24, 2.45) is 11.8 Å². The maximum atomic E-state index is 13.3. The van der Waals surface area contributed by atoms with Crippen molar-refractivity contribution < 1.29 is 9.59 Å². The molecule has 2 saturated heterocycles. The third-order valence-electron chi connectivity index (χ3n) is 6.38. The minimum atomic E-state index is -0.0339. The molecule has 0 bridgehead atoms. The average Bonchev–Trinajstić information content (AvgIpc) is 3.41. The van der Waals surface area contributed by atoms with Crippen LogP contribution >= 0.6 is 0 Å². The monoisotopic (exact) mass is 389 g/mol. The number of carbonyl (C=O) groups is 2. The van der Waals surface area contributed by atoms with Crippen LogP contribution < -0.4 is 0 Å². The molecule has 4 heterocycles. The molecule has 3 aromatic rings. The van der Waals surface area contributed by atoms with Crippen LogP contribution in [0.25, 0.3) is 5.65 Å². The Morgan fingerprint density at radius 1 is 1.03 bits per heavy atom. The molecular formula is C22H23N5O2. The van der Waals surface area contributed by atoms with Gasteiger partial charge in [0.15, 0.2) is 5.65 Å². The Kier molecular flexibility index (Phi) is 4.12. The summed E-state index contributed by atoms with van der Waals surface area (Å²) in [6.45, 7) is 5.71. The average molecular weight is 389 g/mol. The van der Waals surface area contributed by atoms with Gasteiger partial charge < -0.3 is 9.80 Å². The van der Waals surface area contributed by atoms with Crippen LogP contribution in [-0.2, 0) is 4.79 Å². The number of fused-ring (bicyclic) bond motifs is 2. The quantitative estimate of drug-likeness (QED) is 0.675. The van der Waals surface area contributed by atoms with Crippen molar-refractivity contribution >= 4 is 17.5 Å². The Bertz CT molecular complexity index is 1110. The van der Waals surface area contributed by atoms with Gasteiger partial charge in [0.25, 0.3) is 5.91 Å². The number of rotatable bonds is 2. The molecule has 2 fully saturated rings. The molecule has 7 nitrogen and oxygen atoms in total. The third-order valence-corrected chi connectivity index (χ3v) is 6.38. The number of pyridine rings is 1. The van der Waals surface area contributed by atoms with Crippen LogP contribution in [0, 0.1) is 18.8 Å². The Morgan fingerprint density at radius 3 is 2.66 bits per heavy atom. The predicted molar refractivity (Wildman–Crippen MR) is 107 cm³/mol. The van der Waals surface area contributed by atoms with Gasteiger partial charge in [-0.3, -0.25) is 9.59 Å². The third kappa shape index (κ3) is 2.80. The summed E-state index contributed by atoms with van der Waals surface area (Å²) in [6, 6.07) is 13.7. The van der Waals surface area contributed by atoms with E-state index in [9.17, 15) is 9.59 Å². The smallest absolute Gasteiger partial charge is 0.272 e. The highest BCUT2D eigenvalue weighted by atomic mass is 16.2. The SMILES string of the molecule is CC(=O)N1C[C@H]2CN(C(=O)c3cccc4ncnn34)C[C@H]2[C@@H]1c1ccccc1C. The zero-order valence-corrected chi connectivity index (χ0v) is 16.5.